The van der Waals surface area contributed by atoms with Crippen molar-refractivity contribution in [2.24, 2.45) is 0 Å². The van der Waals surface area contributed by atoms with Crippen molar-refractivity contribution in [2.75, 3.05) is 0 Å². The van der Waals surface area contributed by atoms with E-state index in [0.29, 0.717) is 16.7 Å². The van der Waals surface area contributed by atoms with E-state index in [1.807, 2.05) is 6.07 Å². The molecule has 0 aliphatic heterocycles. The molecule has 3 heteroatoms. The number of halogens is 2. The molecule has 0 N–H and O–H groups in total. The predicted octanol–water partition coefficient (Wildman–Crippen LogP) is 3.81. The number of nitrogens with zero attached hydrogens (tertiary/aromatic N) is 1. The van der Waals surface area contributed by atoms with E-state index in [0.717, 1.165) is 0 Å². The monoisotopic (exact) mass is 229 g/mol. The summed E-state index contributed by atoms with van der Waals surface area (Å²) in [4.78, 5) is 0. The fourth-order valence-electron chi connectivity index (χ4n) is 1.58. The Bertz CT molecular complexity index is 589. The van der Waals surface area contributed by atoms with Crippen molar-refractivity contribution in [3.63, 3.8) is 0 Å². The molecule has 0 aliphatic carbocycles. The Morgan fingerprint density at radius 2 is 1.65 bits per heavy atom. The summed E-state index contributed by atoms with van der Waals surface area (Å²) >= 11 is 0. The summed E-state index contributed by atoms with van der Waals surface area (Å²) in [5.41, 5.74) is 1.53. The molecule has 0 atom stereocenters. The number of hydrogen-bond acceptors (Lipinski definition) is 1. The summed E-state index contributed by atoms with van der Waals surface area (Å²) in [6.45, 7) is 1.39. The molecule has 0 spiro atoms. The number of nitriles is 1. The molecule has 0 bridgehead atoms. The Morgan fingerprint density at radius 1 is 1.00 bits per heavy atom. The first-order valence-electron chi connectivity index (χ1n) is 5.08. The van der Waals surface area contributed by atoms with Crippen LogP contribution < -0.4 is 0 Å². The van der Waals surface area contributed by atoms with Crippen LogP contribution in [0, 0.1) is 29.9 Å². The fourth-order valence-corrected chi connectivity index (χ4v) is 1.58. The lowest BCUT2D eigenvalue weighted by molar-refractivity contribution is 0.569. The number of benzene rings is 2. The van der Waals surface area contributed by atoms with Crippen molar-refractivity contribution < 1.29 is 8.78 Å². The van der Waals surface area contributed by atoms with E-state index in [4.69, 9.17) is 5.26 Å². The molecule has 1 nitrogen and oxygen atoms in total. The molecule has 0 radical (unpaired) electrons. The molecule has 0 fully saturated rings. The number of hydrogen-bond donors (Lipinski definition) is 0. The van der Waals surface area contributed by atoms with Crippen LogP contribution in [0.15, 0.2) is 36.4 Å². The quantitative estimate of drug-likeness (QED) is 0.729. The minimum atomic E-state index is -0.581. The van der Waals surface area contributed by atoms with Gasteiger partial charge in [0.15, 0.2) is 0 Å². The van der Waals surface area contributed by atoms with Gasteiger partial charge in [0.05, 0.1) is 11.6 Å². The van der Waals surface area contributed by atoms with Gasteiger partial charge in [-0.25, -0.2) is 8.78 Å². The van der Waals surface area contributed by atoms with E-state index in [1.165, 1.54) is 19.1 Å². The smallest absolute Gasteiger partial charge is 0.129 e. The SMILES string of the molecule is Cc1c(F)cc(-c2cccc(C#N)c2)cc1F. The van der Waals surface area contributed by atoms with E-state index in [1.54, 1.807) is 24.3 Å². The first-order chi connectivity index (χ1) is 8.11. The summed E-state index contributed by atoms with van der Waals surface area (Å²) < 4.78 is 26.8. The maximum absolute atomic E-state index is 13.4. The highest BCUT2D eigenvalue weighted by atomic mass is 19.1. The molecular formula is C14H9F2N. The summed E-state index contributed by atoms with van der Waals surface area (Å²) in [6, 6.07) is 11.2. The van der Waals surface area contributed by atoms with Gasteiger partial charge < -0.3 is 0 Å². The lowest BCUT2D eigenvalue weighted by atomic mass is 10.0. The van der Waals surface area contributed by atoms with Gasteiger partial charge in [0, 0.05) is 5.56 Å². The van der Waals surface area contributed by atoms with Gasteiger partial charge in [0.25, 0.3) is 0 Å². The molecule has 2 rings (SSSR count). The van der Waals surface area contributed by atoms with E-state index >= 15 is 0 Å². The van der Waals surface area contributed by atoms with Crippen LogP contribution in [0.25, 0.3) is 11.1 Å². The van der Waals surface area contributed by atoms with Gasteiger partial charge in [0.2, 0.25) is 0 Å². The maximum atomic E-state index is 13.4. The largest absolute Gasteiger partial charge is 0.207 e. The van der Waals surface area contributed by atoms with Crippen molar-refractivity contribution in [1.29, 1.82) is 5.26 Å². The molecule has 17 heavy (non-hydrogen) atoms. The standard InChI is InChI=1S/C14H9F2N/c1-9-13(15)6-12(7-14(9)16)11-4-2-3-10(5-11)8-17/h2-7H,1H3. The second kappa shape index (κ2) is 4.34. The maximum Gasteiger partial charge on any atom is 0.129 e. The molecule has 2 aromatic rings. The highest BCUT2D eigenvalue weighted by molar-refractivity contribution is 5.65. The van der Waals surface area contributed by atoms with E-state index < -0.39 is 11.6 Å². The zero-order valence-corrected chi connectivity index (χ0v) is 9.17. The van der Waals surface area contributed by atoms with Gasteiger partial charge in [-0.15, -0.1) is 0 Å². The van der Waals surface area contributed by atoms with E-state index in [-0.39, 0.29) is 5.56 Å². The normalized spacial score (nSPS) is 10.0. The fraction of sp³-hybridized carbons (Fsp3) is 0.0714. The molecule has 0 aromatic heterocycles. The topological polar surface area (TPSA) is 23.8 Å². The second-order valence-corrected chi connectivity index (χ2v) is 3.76. The van der Waals surface area contributed by atoms with Crippen molar-refractivity contribution in [2.45, 2.75) is 6.92 Å². The molecule has 0 amide bonds. The first kappa shape index (κ1) is 11.3. The van der Waals surface area contributed by atoms with Crippen LogP contribution >= 0.6 is 0 Å². The van der Waals surface area contributed by atoms with Crippen LogP contribution in [-0.2, 0) is 0 Å². The third-order valence-electron chi connectivity index (χ3n) is 2.61. The average Bonchev–Trinajstić information content (AvgIpc) is 2.35. The van der Waals surface area contributed by atoms with Gasteiger partial charge in [-0.2, -0.15) is 5.26 Å². The second-order valence-electron chi connectivity index (χ2n) is 3.76. The van der Waals surface area contributed by atoms with Crippen molar-refractivity contribution in [3.8, 4) is 17.2 Å². The minimum absolute atomic E-state index is 0.00480. The van der Waals surface area contributed by atoms with Crippen molar-refractivity contribution >= 4 is 0 Å². The van der Waals surface area contributed by atoms with Gasteiger partial charge in [0.1, 0.15) is 11.6 Å². The molecule has 84 valence electrons. The highest BCUT2D eigenvalue weighted by Crippen LogP contribution is 2.24. The van der Waals surface area contributed by atoms with Crippen LogP contribution in [0.4, 0.5) is 8.78 Å². The zero-order valence-electron chi connectivity index (χ0n) is 9.17. The van der Waals surface area contributed by atoms with Gasteiger partial charge in [-0.05, 0) is 42.3 Å². The van der Waals surface area contributed by atoms with E-state index in [9.17, 15) is 8.78 Å². The van der Waals surface area contributed by atoms with Crippen LogP contribution in [0.5, 0.6) is 0 Å². The molecule has 0 heterocycles. The van der Waals surface area contributed by atoms with Gasteiger partial charge in [-0.3, -0.25) is 0 Å². The van der Waals surface area contributed by atoms with Crippen LogP contribution in [0.1, 0.15) is 11.1 Å². The Morgan fingerprint density at radius 3 is 2.24 bits per heavy atom. The summed E-state index contributed by atoms with van der Waals surface area (Å²) in [6.07, 6.45) is 0. The first-order valence-corrected chi connectivity index (χ1v) is 5.08. The average molecular weight is 229 g/mol. The van der Waals surface area contributed by atoms with Crippen molar-refractivity contribution in [1.82, 2.24) is 0 Å². The Kier molecular flexibility index (Phi) is 2.88. The lowest BCUT2D eigenvalue weighted by Gasteiger charge is -2.05. The molecule has 0 saturated carbocycles. The number of rotatable bonds is 1. The summed E-state index contributed by atoms with van der Waals surface area (Å²) in [7, 11) is 0. The molecule has 2 aromatic carbocycles. The van der Waals surface area contributed by atoms with Crippen LogP contribution in [0.2, 0.25) is 0 Å². The molecule has 0 unspecified atom stereocenters. The highest BCUT2D eigenvalue weighted by Gasteiger charge is 2.08. The van der Waals surface area contributed by atoms with E-state index in [2.05, 4.69) is 0 Å². The Labute approximate surface area is 97.9 Å². The molecular weight excluding hydrogens is 220 g/mol. The minimum Gasteiger partial charge on any atom is -0.207 e. The van der Waals surface area contributed by atoms with Gasteiger partial charge in [-0.1, -0.05) is 12.1 Å². The third-order valence-corrected chi connectivity index (χ3v) is 2.61. The van der Waals surface area contributed by atoms with Crippen molar-refractivity contribution in [3.05, 3.63) is 59.2 Å². The summed E-state index contributed by atoms with van der Waals surface area (Å²) in [5.74, 6) is -1.16. The van der Waals surface area contributed by atoms with Crippen LogP contribution in [0.3, 0.4) is 0 Å². The molecule has 0 aliphatic rings. The van der Waals surface area contributed by atoms with Gasteiger partial charge >= 0.3 is 0 Å². The third kappa shape index (κ3) is 2.16. The lowest BCUT2D eigenvalue weighted by Crippen LogP contribution is -1.90. The predicted molar refractivity (Wildman–Crippen MR) is 61.2 cm³/mol. The van der Waals surface area contributed by atoms with Crippen LogP contribution in [-0.4, -0.2) is 0 Å². The Balaban J connectivity index is 2.57. The molecule has 0 saturated heterocycles. The zero-order chi connectivity index (χ0) is 12.4. The summed E-state index contributed by atoms with van der Waals surface area (Å²) in [5, 5.41) is 8.76. The Hall–Kier alpha value is -2.21.